The highest BCUT2D eigenvalue weighted by molar-refractivity contribution is 6.31. The molecule has 2 aromatic carbocycles. The van der Waals surface area contributed by atoms with E-state index in [1.54, 1.807) is 12.1 Å². The molecule has 126 valence electrons. The van der Waals surface area contributed by atoms with Crippen molar-refractivity contribution in [1.29, 1.82) is 0 Å². The molecule has 3 rings (SSSR count). The van der Waals surface area contributed by atoms with Gasteiger partial charge in [0.05, 0.1) is 0 Å². The standard InChI is InChI=1S/C18H19Cl2N3O/c1-13-11-15(20)5-6-17(13)22-7-9-23(10-8-22)18(24)21-16-4-2-3-14(19)12-16/h2-6,11-12H,7-10H2,1H3,(H,21,24). The predicted octanol–water partition coefficient (Wildman–Crippen LogP) is 4.66. The summed E-state index contributed by atoms with van der Waals surface area (Å²) < 4.78 is 0. The number of anilines is 2. The summed E-state index contributed by atoms with van der Waals surface area (Å²) in [6.07, 6.45) is 0. The molecule has 1 heterocycles. The predicted molar refractivity (Wildman–Crippen MR) is 100 cm³/mol. The van der Waals surface area contributed by atoms with Crippen molar-refractivity contribution in [3.8, 4) is 0 Å². The van der Waals surface area contributed by atoms with Crippen molar-refractivity contribution in [2.45, 2.75) is 6.92 Å². The van der Waals surface area contributed by atoms with Gasteiger partial charge in [-0.3, -0.25) is 0 Å². The SMILES string of the molecule is Cc1cc(Cl)ccc1N1CCN(C(=O)Nc2cccc(Cl)c2)CC1. The maximum Gasteiger partial charge on any atom is 0.321 e. The van der Waals surface area contributed by atoms with Crippen LogP contribution in [-0.2, 0) is 0 Å². The average molecular weight is 364 g/mol. The first-order valence-electron chi connectivity index (χ1n) is 7.85. The maximum atomic E-state index is 12.4. The quantitative estimate of drug-likeness (QED) is 0.842. The monoisotopic (exact) mass is 363 g/mol. The van der Waals surface area contributed by atoms with Gasteiger partial charge in [-0.25, -0.2) is 4.79 Å². The van der Waals surface area contributed by atoms with Crippen molar-refractivity contribution < 1.29 is 4.79 Å². The van der Waals surface area contributed by atoms with E-state index in [-0.39, 0.29) is 6.03 Å². The van der Waals surface area contributed by atoms with Crippen molar-refractivity contribution in [2.24, 2.45) is 0 Å². The fourth-order valence-electron chi connectivity index (χ4n) is 2.89. The maximum absolute atomic E-state index is 12.4. The molecule has 1 saturated heterocycles. The summed E-state index contributed by atoms with van der Waals surface area (Å²) in [5.74, 6) is 0. The molecular weight excluding hydrogens is 345 g/mol. The molecule has 0 radical (unpaired) electrons. The minimum Gasteiger partial charge on any atom is -0.368 e. The molecule has 0 unspecified atom stereocenters. The van der Waals surface area contributed by atoms with Gasteiger partial charge in [-0.2, -0.15) is 0 Å². The summed E-state index contributed by atoms with van der Waals surface area (Å²) in [7, 11) is 0. The van der Waals surface area contributed by atoms with Crippen molar-refractivity contribution in [3.05, 3.63) is 58.1 Å². The lowest BCUT2D eigenvalue weighted by molar-refractivity contribution is 0.208. The number of hydrogen-bond donors (Lipinski definition) is 1. The molecule has 2 aromatic rings. The van der Waals surface area contributed by atoms with Crippen LogP contribution in [0.1, 0.15) is 5.56 Å². The van der Waals surface area contributed by atoms with E-state index in [1.807, 2.05) is 35.2 Å². The molecule has 2 amide bonds. The summed E-state index contributed by atoms with van der Waals surface area (Å²) in [6.45, 7) is 5.00. The van der Waals surface area contributed by atoms with Crippen molar-refractivity contribution >= 4 is 40.6 Å². The Hall–Kier alpha value is -1.91. The molecule has 0 aromatic heterocycles. The number of carbonyl (C=O) groups is 1. The van der Waals surface area contributed by atoms with E-state index in [0.29, 0.717) is 23.8 Å². The van der Waals surface area contributed by atoms with Gasteiger partial charge in [-0.15, -0.1) is 0 Å². The summed E-state index contributed by atoms with van der Waals surface area (Å²) in [5, 5.41) is 4.25. The molecule has 0 atom stereocenters. The van der Waals surface area contributed by atoms with Crippen LogP contribution in [0.5, 0.6) is 0 Å². The lowest BCUT2D eigenvalue weighted by Gasteiger charge is -2.36. The Balaban J connectivity index is 1.59. The third kappa shape index (κ3) is 3.94. The lowest BCUT2D eigenvalue weighted by atomic mass is 10.1. The number of hydrogen-bond acceptors (Lipinski definition) is 2. The van der Waals surface area contributed by atoms with Crippen LogP contribution in [-0.4, -0.2) is 37.1 Å². The van der Waals surface area contributed by atoms with Crippen LogP contribution < -0.4 is 10.2 Å². The van der Waals surface area contributed by atoms with Crippen LogP contribution in [0.25, 0.3) is 0 Å². The van der Waals surface area contributed by atoms with Crippen LogP contribution in [0.15, 0.2) is 42.5 Å². The molecule has 0 aliphatic carbocycles. The number of piperazine rings is 1. The van der Waals surface area contributed by atoms with Gasteiger partial charge in [0.25, 0.3) is 0 Å². The number of halogens is 2. The highest BCUT2D eigenvalue weighted by Crippen LogP contribution is 2.25. The van der Waals surface area contributed by atoms with E-state index < -0.39 is 0 Å². The highest BCUT2D eigenvalue weighted by atomic mass is 35.5. The Kier molecular flexibility index (Phi) is 5.17. The van der Waals surface area contributed by atoms with Crippen molar-refractivity contribution in [1.82, 2.24) is 4.90 Å². The summed E-state index contributed by atoms with van der Waals surface area (Å²) in [5.41, 5.74) is 3.04. The molecule has 1 aliphatic heterocycles. The van der Waals surface area contributed by atoms with Crippen LogP contribution in [0.2, 0.25) is 10.0 Å². The van der Waals surface area contributed by atoms with Crippen LogP contribution in [0.4, 0.5) is 16.2 Å². The molecule has 1 fully saturated rings. The van der Waals surface area contributed by atoms with Gasteiger partial charge >= 0.3 is 6.03 Å². The number of aryl methyl sites for hydroxylation is 1. The second kappa shape index (κ2) is 7.32. The van der Waals surface area contributed by atoms with E-state index in [4.69, 9.17) is 23.2 Å². The normalized spacial score (nSPS) is 14.6. The summed E-state index contributed by atoms with van der Waals surface area (Å²) in [4.78, 5) is 16.5. The van der Waals surface area contributed by atoms with Crippen molar-refractivity contribution in [2.75, 3.05) is 36.4 Å². The summed E-state index contributed by atoms with van der Waals surface area (Å²) >= 11 is 12.0. The Morgan fingerprint density at radius 3 is 2.38 bits per heavy atom. The van der Waals surface area contributed by atoms with Crippen LogP contribution in [0, 0.1) is 6.92 Å². The molecule has 4 nitrogen and oxygen atoms in total. The summed E-state index contributed by atoms with van der Waals surface area (Å²) in [6, 6.07) is 13.0. The third-order valence-electron chi connectivity index (χ3n) is 4.14. The first kappa shape index (κ1) is 16.9. The van der Waals surface area contributed by atoms with Gasteiger partial charge in [-0.1, -0.05) is 29.3 Å². The second-order valence-electron chi connectivity index (χ2n) is 5.85. The number of nitrogens with zero attached hydrogens (tertiary/aromatic N) is 2. The van der Waals surface area contributed by atoms with Crippen molar-refractivity contribution in [3.63, 3.8) is 0 Å². The van der Waals surface area contributed by atoms with E-state index >= 15 is 0 Å². The lowest BCUT2D eigenvalue weighted by Crippen LogP contribution is -2.50. The van der Waals surface area contributed by atoms with Crippen LogP contribution >= 0.6 is 23.2 Å². The third-order valence-corrected chi connectivity index (χ3v) is 4.61. The zero-order valence-electron chi connectivity index (χ0n) is 13.4. The van der Waals surface area contributed by atoms with Gasteiger partial charge in [0, 0.05) is 47.6 Å². The number of benzene rings is 2. The second-order valence-corrected chi connectivity index (χ2v) is 6.72. The van der Waals surface area contributed by atoms with Gasteiger partial charge in [0.15, 0.2) is 0 Å². The Morgan fingerprint density at radius 1 is 1.00 bits per heavy atom. The fraction of sp³-hybridized carbons (Fsp3) is 0.278. The molecule has 1 N–H and O–H groups in total. The molecule has 1 aliphatic rings. The Morgan fingerprint density at radius 2 is 1.71 bits per heavy atom. The minimum absolute atomic E-state index is 0.0928. The largest absolute Gasteiger partial charge is 0.368 e. The topological polar surface area (TPSA) is 35.6 Å². The van der Waals surface area contributed by atoms with E-state index in [1.165, 1.54) is 5.69 Å². The minimum atomic E-state index is -0.0928. The Bertz CT molecular complexity index is 743. The smallest absolute Gasteiger partial charge is 0.321 e. The first-order chi connectivity index (χ1) is 11.5. The molecule has 0 bridgehead atoms. The van der Waals surface area contributed by atoms with E-state index in [2.05, 4.69) is 17.1 Å². The number of nitrogens with one attached hydrogen (secondary N) is 1. The highest BCUT2D eigenvalue weighted by Gasteiger charge is 2.22. The van der Waals surface area contributed by atoms with Crippen LogP contribution in [0.3, 0.4) is 0 Å². The van der Waals surface area contributed by atoms with Gasteiger partial charge in [-0.05, 0) is 48.9 Å². The molecule has 6 heteroatoms. The average Bonchev–Trinajstić information content (AvgIpc) is 2.55. The first-order valence-corrected chi connectivity index (χ1v) is 8.61. The van der Waals surface area contributed by atoms with E-state index in [9.17, 15) is 4.79 Å². The van der Waals surface area contributed by atoms with Gasteiger partial charge in [0.1, 0.15) is 0 Å². The molecule has 24 heavy (non-hydrogen) atoms. The number of carbonyl (C=O) groups excluding carboxylic acids is 1. The van der Waals surface area contributed by atoms with E-state index in [0.717, 1.165) is 23.7 Å². The molecule has 0 spiro atoms. The Labute approximate surface area is 152 Å². The zero-order chi connectivity index (χ0) is 17.1. The molecular formula is C18H19Cl2N3O. The number of urea groups is 1. The van der Waals surface area contributed by atoms with Gasteiger partial charge in [0.2, 0.25) is 0 Å². The number of amides is 2. The number of rotatable bonds is 2. The van der Waals surface area contributed by atoms with Gasteiger partial charge < -0.3 is 15.1 Å². The fourth-order valence-corrected chi connectivity index (χ4v) is 3.31. The molecule has 0 saturated carbocycles. The zero-order valence-corrected chi connectivity index (χ0v) is 14.9.